The van der Waals surface area contributed by atoms with Gasteiger partial charge in [-0.2, -0.15) is 0 Å². The van der Waals surface area contributed by atoms with Gasteiger partial charge in [-0.1, -0.05) is 15.9 Å². The van der Waals surface area contributed by atoms with E-state index in [1.54, 1.807) is 11.3 Å². The summed E-state index contributed by atoms with van der Waals surface area (Å²) in [4.78, 5) is 1.64. The molecule has 84 valence electrons. The van der Waals surface area contributed by atoms with Crippen LogP contribution in [0.2, 0.25) is 0 Å². The zero-order valence-corrected chi connectivity index (χ0v) is 13.6. The van der Waals surface area contributed by atoms with Crippen LogP contribution in [0, 0.1) is 0 Å². The molecule has 0 bridgehead atoms. The predicted molar refractivity (Wildman–Crippen MR) is 75.0 cm³/mol. The molecule has 1 fully saturated rings. The van der Waals surface area contributed by atoms with Crippen molar-refractivity contribution >= 4 is 59.1 Å². The Kier molecular flexibility index (Phi) is 4.71. The maximum Gasteiger partial charge on any atom is 0.0843 e. The number of rotatable bonds is 2. The zero-order chi connectivity index (χ0) is 10.8. The van der Waals surface area contributed by atoms with Crippen molar-refractivity contribution in [2.75, 3.05) is 6.61 Å². The third-order valence-corrected chi connectivity index (χ3v) is 7.20. The fourth-order valence-electron chi connectivity index (χ4n) is 1.68. The third kappa shape index (κ3) is 3.06. The quantitative estimate of drug-likeness (QED) is 0.594. The second-order valence-corrected chi connectivity index (χ2v) is 7.82. The monoisotopic (exact) mass is 416 g/mol. The van der Waals surface area contributed by atoms with Crippen molar-refractivity contribution in [3.05, 3.63) is 19.2 Å². The summed E-state index contributed by atoms with van der Waals surface area (Å²) in [6.45, 7) is 0.903. The molecule has 0 N–H and O–H groups in total. The Bertz CT molecular complexity index is 314. The van der Waals surface area contributed by atoms with E-state index < -0.39 is 0 Å². The van der Waals surface area contributed by atoms with Crippen molar-refractivity contribution in [1.29, 1.82) is 0 Å². The predicted octanol–water partition coefficient (Wildman–Crippen LogP) is 5.28. The van der Waals surface area contributed by atoms with Crippen LogP contribution in [-0.2, 0) is 4.74 Å². The molecule has 0 spiro atoms. The highest BCUT2D eigenvalue weighted by atomic mass is 79.9. The minimum atomic E-state index is 0.324. The molecule has 1 aromatic rings. The Balaban J connectivity index is 2.08. The van der Waals surface area contributed by atoms with Gasteiger partial charge in [0.2, 0.25) is 0 Å². The van der Waals surface area contributed by atoms with Crippen molar-refractivity contribution < 1.29 is 4.74 Å². The highest BCUT2D eigenvalue weighted by Crippen LogP contribution is 2.42. The molecule has 5 heteroatoms. The Morgan fingerprint density at radius 1 is 1.40 bits per heavy atom. The van der Waals surface area contributed by atoms with Crippen molar-refractivity contribution in [2.45, 2.75) is 30.2 Å². The zero-order valence-electron chi connectivity index (χ0n) is 8.01. The van der Waals surface area contributed by atoms with Gasteiger partial charge in [0.1, 0.15) is 0 Å². The van der Waals surface area contributed by atoms with Gasteiger partial charge in [-0.05, 0) is 57.2 Å². The summed E-state index contributed by atoms with van der Waals surface area (Å²) in [6, 6.07) is 2.16. The second kappa shape index (κ2) is 5.63. The summed E-state index contributed by atoms with van der Waals surface area (Å²) < 4.78 is 8.05. The van der Waals surface area contributed by atoms with Gasteiger partial charge in [-0.3, -0.25) is 0 Å². The van der Waals surface area contributed by atoms with Gasteiger partial charge in [0, 0.05) is 16.0 Å². The third-order valence-electron chi connectivity index (χ3n) is 2.48. The summed E-state index contributed by atoms with van der Waals surface area (Å²) in [5.41, 5.74) is 0. The minimum absolute atomic E-state index is 0.324. The van der Waals surface area contributed by atoms with Gasteiger partial charge in [0.25, 0.3) is 0 Å². The fraction of sp³-hybridized carbons (Fsp3) is 0.600. The van der Waals surface area contributed by atoms with Gasteiger partial charge < -0.3 is 4.74 Å². The van der Waals surface area contributed by atoms with E-state index in [0.29, 0.717) is 10.9 Å². The molecule has 0 aromatic carbocycles. The minimum Gasteiger partial charge on any atom is -0.377 e. The molecule has 1 nitrogen and oxygen atoms in total. The van der Waals surface area contributed by atoms with E-state index in [1.165, 1.54) is 17.7 Å². The van der Waals surface area contributed by atoms with Crippen molar-refractivity contribution in [2.24, 2.45) is 0 Å². The van der Waals surface area contributed by atoms with E-state index >= 15 is 0 Å². The van der Waals surface area contributed by atoms with Gasteiger partial charge in [-0.15, -0.1) is 11.3 Å². The lowest BCUT2D eigenvalue weighted by Gasteiger charge is -2.26. The molecule has 1 aliphatic rings. The largest absolute Gasteiger partial charge is 0.377 e. The Hall–Kier alpha value is 1.10. The number of hydrogen-bond donors (Lipinski definition) is 0. The lowest BCUT2D eigenvalue weighted by atomic mass is 10.1. The molecule has 0 amide bonds. The summed E-state index contributed by atoms with van der Waals surface area (Å²) in [6.07, 6.45) is 3.97. The molecule has 0 saturated carbocycles. The molecular weight excluding hydrogens is 408 g/mol. The van der Waals surface area contributed by atoms with Gasteiger partial charge >= 0.3 is 0 Å². The first-order valence-corrected chi connectivity index (χ1v) is 8.20. The highest BCUT2D eigenvalue weighted by molar-refractivity contribution is 9.13. The lowest BCUT2D eigenvalue weighted by Crippen LogP contribution is -2.22. The van der Waals surface area contributed by atoms with E-state index in [-0.39, 0.29) is 0 Å². The van der Waals surface area contributed by atoms with Crippen LogP contribution in [0.5, 0.6) is 0 Å². The molecule has 0 aliphatic carbocycles. The van der Waals surface area contributed by atoms with Crippen LogP contribution >= 0.6 is 59.1 Å². The average Bonchev–Trinajstić information content (AvgIpc) is 2.59. The van der Waals surface area contributed by atoms with Crippen LogP contribution in [-0.4, -0.2) is 12.7 Å². The molecule has 2 heterocycles. The Labute approximate surface area is 119 Å². The SMILES string of the molecule is Brc1cc(C(Br)C2CCCCO2)sc1Br. The van der Waals surface area contributed by atoms with Crippen LogP contribution < -0.4 is 0 Å². The maximum absolute atomic E-state index is 5.77. The van der Waals surface area contributed by atoms with Crippen LogP contribution in [0.25, 0.3) is 0 Å². The molecular formula is C10H11Br3OS. The van der Waals surface area contributed by atoms with E-state index in [0.717, 1.165) is 21.3 Å². The standard InChI is InChI=1S/C10H11Br3OS/c11-6-5-8(15-10(6)13)9(12)7-3-1-2-4-14-7/h5,7,9H,1-4H2. The van der Waals surface area contributed by atoms with Crippen molar-refractivity contribution in [3.63, 3.8) is 0 Å². The first-order valence-electron chi connectivity index (χ1n) is 4.89. The topological polar surface area (TPSA) is 9.23 Å². The first kappa shape index (κ1) is 12.6. The van der Waals surface area contributed by atoms with E-state index in [4.69, 9.17) is 4.74 Å². The Morgan fingerprint density at radius 2 is 2.20 bits per heavy atom. The van der Waals surface area contributed by atoms with Crippen LogP contribution in [0.4, 0.5) is 0 Å². The molecule has 1 aliphatic heterocycles. The van der Waals surface area contributed by atoms with Gasteiger partial charge in [0.05, 0.1) is 14.7 Å². The number of thiophene rings is 1. The molecule has 1 saturated heterocycles. The smallest absolute Gasteiger partial charge is 0.0843 e. The number of ether oxygens (including phenoxy) is 1. The molecule has 15 heavy (non-hydrogen) atoms. The Morgan fingerprint density at radius 3 is 2.73 bits per heavy atom. The maximum atomic E-state index is 5.77. The summed E-state index contributed by atoms with van der Waals surface area (Å²) in [7, 11) is 0. The lowest BCUT2D eigenvalue weighted by molar-refractivity contribution is 0.0165. The van der Waals surface area contributed by atoms with E-state index in [9.17, 15) is 0 Å². The number of hydrogen-bond acceptors (Lipinski definition) is 2. The summed E-state index contributed by atoms with van der Waals surface area (Å²) in [5, 5.41) is 0. The van der Waals surface area contributed by atoms with Gasteiger partial charge in [-0.25, -0.2) is 0 Å². The average molecular weight is 419 g/mol. The van der Waals surface area contributed by atoms with E-state index in [1.807, 2.05) is 0 Å². The first-order chi connectivity index (χ1) is 7.18. The van der Waals surface area contributed by atoms with Crippen LogP contribution in [0.1, 0.15) is 29.0 Å². The summed E-state index contributed by atoms with van der Waals surface area (Å²) in [5.74, 6) is 0. The second-order valence-electron chi connectivity index (χ2n) is 3.58. The summed E-state index contributed by atoms with van der Waals surface area (Å²) >= 11 is 12.5. The normalized spacial score (nSPS) is 24.1. The molecule has 0 radical (unpaired) electrons. The van der Waals surface area contributed by atoms with E-state index in [2.05, 4.69) is 53.9 Å². The number of alkyl halides is 1. The van der Waals surface area contributed by atoms with Crippen LogP contribution in [0.15, 0.2) is 14.3 Å². The highest BCUT2D eigenvalue weighted by Gasteiger charge is 2.25. The number of halogens is 3. The fourth-order valence-corrected chi connectivity index (χ4v) is 4.63. The molecule has 1 aromatic heterocycles. The van der Waals surface area contributed by atoms with Crippen LogP contribution in [0.3, 0.4) is 0 Å². The van der Waals surface area contributed by atoms with Crippen molar-refractivity contribution in [3.8, 4) is 0 Å². The van der Waals surface area contributed by atoms with Gasteiger partial charge in [0.15, 0.2) is 0 Å². The van der Waals surface area contributed by atoms with Crippen molar-refractivity contribution in [1.82, 2.24) is 0 Å². The molecule has 2 rings (SSSR count). The molecule has 2 unspecified atom stereocenters. The molecule has 2 atom stereocenters.